The first-order valence-corrected chi connectivity index (χ1v) is 11.4. The van der Waals surface area contributed by atoms with Crippen LogP contribution in [0, 0.1) is 30.1 Å². The van der Waals surface area contributed by atoms with Crippen molar-refractivity contribution in [3.05, 3.63) is 45.6 Å². The highest BCUT2D eigenvalue weighted by molar-refractivity contribution is 6.35. The topological polar surface area (TPSA) is 46.9 Å². The molecule has 6 rings (SSSR count). The number of nitrogens with zero attached hydrogens (tertiary/aromatic N) is 2. The highest BCUT2D eigenvalue weighted by Crippen LogP contribution is 2.61. The van der Waals surface area contributed by atoms with Gasteiger partial charge in [-0.25, -0.2) is 0 Å². The van der Waals surface area contributed by atoms with Gasteiger partial charge in [-0.15, -0.1) is 0 Å². The van der Waals surface area contributed by atoms with E-state index in [1.54, 1.807) is 0 Å². The van der Waals surface area contributed by atoms with E-state index < -0.39 is 0 Å². The van der Waals surface area contributed by atoms with Crippen molar-refractivity contribution in [1.29, 1.82) is 0 Å². The molecular weight excluding hydrogens is 405 g/mol. The van der Waals surface area contributed by atoms with Gasteiger partial charge in [0.05, 0.1) is 6.54 Å². The number of anilines is 1. The molecule has 0 atom stereocenters. The summed E-state index contributed by atoms with van der Waals surface area (Å²) in [5.74, 6) is 3.29. The van der Waals surface area contributed by atoms with Crippen LogP contribution in [-0.4, -0.2) is 15.7 Å². The molecular formula is C23H27Cl2N3O. The standard InChI is InChI=1S/C23H27Cl2N3O/c1-14-5-21(27-28(14)13-18-19(24)3-2-4-20(18)25)26-22(29)12-23-9-15-6-16(10-23)8-17(7-15)11-23/h2-5,15-17H,6-13H2,1H3,(H,26,27,29). The number of rotatable bonds is 5. The Morgan fingerprint density at radius 2 is 1.72 bits per heavy atom. The number of nitrogens with one attached hydrogen (secondary N) is 1. The van der Waals surface area contributed by atoms with Crippen molar-refractivity contribution < 1.29 is 4.79 Å². The number of hydrogen-bond donors (Lipinski definition) is 1. The van der Waals surface area contributed by atoms with Crippen LogP contribution in [-0.2, 0) is 11.3 Å². The number of amides is 1. The summed E-state index contributed by atoms with van der Waals surface area (Å²) in [5, 5.41) is 8.89. The highest BCUT2D eigenvalue weighted by atomic mass is 35.5. The maximum Gasteiger partial charge on any atom is 0.226 e. The maximum absolute atomic E-state index is 12.9. The van der Waals surface area contributed by atoms with Crippen LogP contribution in [0.5, 0.6) is 0 Å². The Morgan fingerprint density at radius 3 is 2.31 bits per heavy atom. The zero-order chi connectivity index (χ0) is 20.2. The van der Waals surface area contributed by atoms with Gasteiger partial charge < -0.3 is 5.32 Å². The van der Waals surface area contributed by atoms with Crippen molar-refractivity contribution in [3.63, 3.8) is 0 Å². The van der Waals surface area contributed by atoms with E-state index in [4.69, 9.17) is 23.2 Å². The van der Waals surface area contributed by atoms with Crippen molar-refractivity contribution in [2.75, 3.05) is 5.32 Å². The quantitative estimate of drug-likeness (QED) is 0.621. The molecule has 4 aliphatic rings. The van der Waals surface area contributed by atoms with Crippen LogP contribution in [0.4, 0.5) is 5.82 Å². The van der Waals surface area contributed by atoms with Gasteiger partial charge in [0.25, 0.3) is 0 Å². The Bertz CT molecular complexity index is 896. The minimum atomic E-state index is 0.104. The minimum Gasteiger partial charge on any atom is -0.309 e. The first-order chi connectivity index (χ1) is 13.9. The Morgan fingerprint density at radius 1 is 1.14 bits per heavy atom. The summed E-state index contributed by atoms with van der Waals surface area (Å²) in [4.78, 5) is 12.9. The van der Waals surface area contributed by atoms with E-state index in [9.17, 15) is 4.79 Å². The fourth-order valence-corrected chi connectivity index (χ4v) is 7.12. The van der Waals surface area contributed by atoms with Gasteiger partial charge in [-0.2, -0.15) is 5.10 Å². The van der Waals surface area contributed by atoms with Crippen LogP contribution in [0.15, 0.2) is 24.3 Å². The number of halogens is 2. The van der Waals surface area contributed by atoms with E-state index >= 15 is 0 Å². The number of benzene rings is 1. The first-order valence-electron chi connectivity index (χ1n) is 10.7. The molecule has 1 N–H and O–H groups in total. The second-order valence-corrected chi connectivity index (χ2v) is 10.5. The molecule has 1 aromatic carbocycles. The van der Waals surface area contributed by atoms with Gasteiger partial charge in [-0.3, -0.25) is 9.48 Å². The molecule has 0 saturated heterocycles. The summed E-state index contributed by atoms with van der Waals surface area (Å²) in [6.45, 7) is 2.46. The molecule has 1 amide bonds. The molecule has 4 bridgehead atoms. The average Bonchev–Trinajstić information content (AvgIpc) is 2.95. The van der Waals surface area contributed by atoms with E-state index in [-0.39, 0.29) is 11.3 Å². The molecule has 4 nitrogen and oxygen atoms in total. The van der Waals surface area contributed by atoms with Crippen molar-refractivity contribution >= 4 is 34.9 Å². The Balaban J connectivity index is 1.27. The Kier molecular flexibility index (Phi) is 4.90. The highest BCUT2D eigenvalue weighted by Gasteiger charge is 2.51. The third kappa shape index (κ3) is 3.82. The minimum absolute atomic E-state index is 0.104. The van der Waals surface area contributed by atoms with Gasteiger partial charge in [0.2, 0.25) is 5.91 Å². The normalized spacial score (nSPS) is 30.0. The van der Waals surface area contributed by atoms with E-state index in [0.29, 0.717) is 28.8 Å². The lowest BCUT2D eigenvalue weighted by molar-refractivity contribution is -0.124. The molecule has 4 aliphatic carbocycles. The van der Waals surface area contributed by atoms with Gasteiger partial charge in [0, 0.05) is 33.8 Å². The molecule has 6 heteroatoms. The van der Waals surface area contributed by atoms with E-state index in [1.165, 1.54) is 38.5 Å². The molecule has 1 heterocycles. The lowest BCUT2D eigenvalue weighted by Gasteiger charge is -2.56. The van der Waals surface area contributed by atoms with E-state index in [0.717, 1.165) is 29.0 Å². The van der Waals surface area contributed by atoms with E-state index in [2.05, 4.69) is 10.4 Å². The van der Waals surface area contributed by atoms with Crippen LogP contribution in [0.3, 0.4) is 0 Å². The first kappa shape index (κ1) is 19.4. The van der Waals surface area contributed by atoms with Crippen molar-refractivity contribution in [2.24, 2.45) is 23.2 Å². The average molecular weight is 432 g/mol. The molecule has 4 saturated carbocycles. The lowest BCUT2D eigenvalue weighted by Crippen LogP contribution is -2.47. The number of carbonyl (C=O) groups is 1. The van der Waals surface area contributed by atoms with Gasteiger partial charge in [-0.1, -0.05) is 29.3 Å². The molecule has 154 valence electrons. The lowest BCUT2D eigenvalue weighted by atomic mass is 9.49. The number of aryl methyl sites for hydroxylation is 1. The van der Waals surface area contributed by atoms with Crippen LogP contribution >= 0.6 is 23.2 Å². The second-order valence-electron chi connectivity index (χ2n) is 9.67. The molecule has 4 fully saturated rings. The largest absolute Gasteiger partial charge is 0.309 e. The SMILES string of the molecule is Cc1cc(NC(=O)CC23CC4CC(CC(C4)C2)C3)nn1Cc1c(Cl)cccc1Cl. The molecule has 1 aromatic heterocycles. The van der Waals surface area contributed by atoms with Crippen molar-refractivity contribution in [1.82, 2.24) is 9.78 Å². The zero-order valence-electron chi connectivity index (χ0n) is 16.8. The van der Waals surface area contributed by atoms with E-state index in [1.807, 2.05) is 35.9 Å². The summed E-state index contributed by atoms with van der Waals surface area (Å²) in [6.07, 6.45) is 8.55. The van der Waals surface area contributed by atoms with Crippen LogP contribution in [0.1, 0.15) is 56.2 Å². The third-order valence-electron chi connectivity index (χ3n) is 7.32. The summed E-state index contributed by atoms with van der Waals surface area (Å²) in [5.41, 5.74) is 2.04. The number of aromatic nitrogens is 2. The second kappa shape index (κ2) is 7.31. The summed E-state index contributed by atoms with van der Waals surface area (Å²) < 4.78 is 1.84. The Hall–Kier alpha value is -1.52. The monoisotopic (exact) mass is 431 g/mol. The van der Waals surface area contributed by atoms with Gasteiger partial charge in [0.1, 0.15) is 0 Å². The van der Waals surface area contributed by atoms with Crippen molar-refractivity contribution in [3.8, 4) is 0 Å². The number of carbonyl (C=O) groups excluding carboxylic acids is 1. The predicted molar refractivity (Wildman–Crippen MR) is 116 cm³/mol. The molecule has 0 spiro atoms. The zero-order valence-corrected chi connectivity index (χ0v) is 18.3. The third-order valence-corrected chi connectivity index (χ3v) is 8.03. The smallest absolute Gasteiger partial charge is 0.226 e. The maximum atomic E-state index is 12.9. The van der Waals surface area contributed by atoms with Crippen LogP contribution in [0.25, 0.3) is 0 Å². The fraction of sp³-hybridized carbons (Fsp3) is 0.565. The van der Waals surface area contributed by atoms with Crippen LogP contribution in [0.2, 0.25) is 10.0 Å². The number of hydrogen-bond acceptors (Lipinski definition) is 2. The molecule has 2 aromatic rings. The molecule has 0 aliphatic heterocycles. The fourth-order valence-electron chi connectivity index (χ4n) is 6.60. The van der Waals surface area contributed by atoms with Crippen molar-refractivity contribution in [2.45, 2.75) is 58.4 Å². The Labute approximate surface area is 182 Å². The van der Waals surface area contributed by atoms with Crippen LogP contribution < -0.4 is 5.32 Å². The van der Waals surface area contributed by atoms with Gasteiger partial charge in [0.15, 0.2) is 5.82 Å². The molecule has 0 unspecified atom stereocenters. The molecule has 29 heavy (non-hydrogen) atoms. The van der Waals surface area contributed by atoms with Gasteiger partial charge in [-0.05, 0) is 80.8 Å². The summed E-state index contributed by atoms with van der Waals surface area (Å²) in [6, 6.07) is 7.41. The summed E-state index contributed by atoms with van der Waals surface area (Å²) in [7, 11) is 0. The predicted octanol–water partition coefficient (Wildman–Crippen LogP) is 6.09. The summed E-state index contributed by atoms with van der Waals surface area (Å²) >= 11 is 12.6. The molecule has 0 radical (unpaired) electrons. The van der Waals surface area contributed by atoms with Gasteiger partial charge >= 0.3 is 0 Å².